The van der Waals surface area contributed by atoms with Crippen LogP contribution in [0.1, 0.15) is 34.3 Å². The maximum Gasteiger partial charge on any atom is 0.254 e. The second kappa shape index (κ2) is 5.68. The van der Waals surface area contributed by atoms with Crippen LogP contribution in [0.3, 0.4) is 0 Å². The van der Waals surface area contributed by atoms with Crippen molar-refractivity contribution in [3.8, 4) is 12.3 Å². The van der Waals surface area contributed by atoms with E-state index in [2.05, 4.69) is 17.3 Å². The highest BCUT2D eigenvalue weighted by Gasteiger charge is 2.27. The Balaban J connectivity index is 1.79. The highest BCUT2D eigenvalue weighted by molar-refractivity contribution is 5.94. The molecular weight excluding hydrogens is 248 g/mol. The Bertz CT molecular complexity index is 555. The third-order valence-corrected chi connectivity index (χ3v) is 4.08. The Morgan fingerprint density at radius 1 is 1.40 bits per heavy atom. The molecule has 3 heteroatoms. The van der Waals surface area contributed by atoms with Gasteiger partial charge in [0.25, 0.3) is 5.91 Å². The first-order chi connectivity index (χ1) is 9.78. The van der Waals surface area contributed by atoms with E-state index in [1.54, 1.807) is 0 Å². The van der Waals surface area contributed by atoms with Gasteiger partial charge in [0.15, 0.2) is 0 Å². The lowest BCUT2D eigenvalue weighted by Crippen LogP contribution is -2.33. The zero-order chi connectivity index (χ0) is 13.9. The van der Waals surface area contributed by atoms with Gasteiger partial charge in [0.2, 0.25) is 0 Å². The van der Waals surface area contributed by atoms with Gasteiger partial charge in [-0.25, -0.2) is 0 Å². The lowest BCUT2D eigenvalue weighted by Gasteiger charge is -2.22. The summed E-state index contributed by atoms with van der Waals surface area (Å²) in [6.07, 6.45) is 8.89. The minimum absolute atomic E-state index is 0.0724. The van der Waals surface area contributed by atoms with Crippen LogP contribution in [0, 0.1) is 18.3 Å². The summed E-state index contributed by atoms with van der Waals surface area (Å²) in [6, 6.07) is 6.07. The molecule has 1 N–H and O–H groups in total. The van der Waals surface area contributed by atoms with E-state index >= 15 is 0 Å². The van der Waals surface area contributed by atoms with E-state index in [4.69, 9.17) is 6.42 Å². The first-order valence-electron chi connectivity index (χ1n) is 7.33. The Morgan fingerprint density at radius 3 is 3.00 bits per heavy atom. The normalized spacial score (nSPS) is 17.1. The molecule has 20 heavy (non-hydrogen) atoms. The van der Waals surface area contributed by atoms with Crippen molar-refractivity contribution < 1.29 is 4.79 Å². The predicted molar refractivity (Wildman–Crippen MR) is 79.3 cm³/mol. The molecule has 1 aromatic rings. The highest BCUT2D eigenvalue weighted by Crippen LogP contribution is 2.30. The Hall–Kier alpha value is -1.79. The molecule has 0 bridgehead atoms. The smallest absolute Gasteiger partial charge is 0.254 e. The number of terminal acetylenes is 1. The quantitative estimate of drug-likeness (QED) is 0.845. The molecule has 1 aliphatic carbocycles. The van der Waals surface area contributed by atoms with E-state index < -0.39 is 0 Å². The average molecular weight is 268 g/mol. The lowest BCUT2D eigenvalue weighted by molar-refractivity contribution is 0.0769. The third-order valence-electron chi connectivity index (χ3n) is 4.08. The summed E-state index contributed by atoms with van der Waals surface area (Å²) in [6.45, 7) is 3.09. The Kier molecular flexibility index (Phi) is 3.75. The summed E-state index contributed by atoms with van der Waals surface area (Å²) < 4.78 is 0. The second-order valence-corrected chi connectivity index (χ2v) is 5.74. The number of fused-ring (bicyclic) bond motifs is 1. The van der Waals surface area contributed by atoms with Crippen molar-refractivity contribution in [2.75, 3.05) is 19.6 Å². The summed E-state index contributed by atoms with van der Waals surface area (Å²) in [5.41, 5.74) is 3.36. The van der Waals surface area contributed by atoms with Crippen LogP contribution in [0.25, 0.3) is 0 Å². The maximum absolute atomic E-state index is 12.6. The van der Waals surface area contributed by atoms with Gasteiger partial charge in [0.1, 0.15) is 0 Å². The maximum atomic E-state index is 12.6. The Labute approximate surface area is 120 Å². The third kappa shape index (κ3) is 2.86. The second-order valence-electron chi connectivity index (χ2n) is 5.74. The van der Waals surface area contributed by atoms with Gasteiger partial charge in [-0.3, -0.25) is 4.79 Å². The van der Waals surface area contributed by atoms with E-state index in [9.17, 15) is 4.79 Å². The van der Waals surface area contributed by atoms with Crippen molar-refractivity contribution in [1.82, 2.24) is 10.2 Å². The van der Waals surface area contributed by atoms with Gasteiger partial charge in [-0.05, 0) is 55.0 Å². The van der Waals surface area contributed by atoms with E-state index in [-0.39, 0.29) is 5.91 Å². The van der Waals surface area contributed by atoms with Gasteiger partial charge in [0.05, 0.1) is 6.54 Å². The van der Waals surface area contributed by atoms with Crippen LogP contribution >= 0.6 is 0 Å². The van der Waals surface area contributed by atoms with Crippen LogP contribution in [0.5, 0.6) is 0 Å². The molecule has 0 aromatic heterocycles. The highest BCUT2D eigenvalue weighted by atomic mass is 16.2. The summed E-state index contributed by atoms with van der Waals surface area (Å²) in [4.78, 5) is 14.4. The van der Waals surface area contributed by atoms with Gasteiger partial charge >= 0.3 is 0 Å². The molecule has 0 spiro atoms. The molecular formula is C17H20N2O. The van der Waals surface area contributed by atoms with E-state index in [1.807, 2.05) is 17.0 Å². The summed E-state index contributed by atoms with van der Waals surface area (Å²) in [5, 5.41) is 3.35. The molecule has 0 atom stereocenters. The zero-order valence-corrected chi connectivity index (χ0v) is 11.7. The standard InChI is InChI=1S/C17H20N2O/c1-2-9-19(12-13-3-4-13)17(20)15-6-5-14-7-8-18-11-16(14)10-15/h1,5-6,10,13,18H,3-4,7-9,11-12H2. The SMILES string of the molecule is C#CCN(CC1CC1)C(=O)c1ccc2c(c1)CNCC2. The minimum atomic E-state index is 0.0724. The van der Waals surface area contributed by atoms with Crippen molar-refractivity contribution >= 4 is 5.91 Å². The van der Waals surface area contributed by atoms with Gasteiger partial charge in [-0.15, -0.1) is 6.42 Å². The first kappa shape index (κ1) is 13.2. The van der Waals surface area contributed by atoms with Crippen LogP contribution in [0.2, 0.25) is 0 Å². The van der Waals surface area contributed by atoms with Crippen molar-refractivity contribution in [3.63, 3.8) is 0 Å². The molecule has 2 aliphatic rings. The summed E-state index contributed by atoms with van der Waals surface area (Å²) in [7, 11) is 0. The fourth-order valence-electron chi connectivity index (χ4n) is 2.74. The molecule has 1 aliphatic heterocycles. The van der Waals surface area contributed by atoms with Crippen molar-refractivity contribution in [2.24, 2.45) is 5.92 Å². The molecule has 1 aromatic carbocycles. The van der Waals surface area contributed by atoms with E-state index in [0.717, 1.165) is 31.6 Å². The fraction of sp³-hybridized carbons (Fsp3) is 0.471. The van der Waals surface area contributed by atoms with Crippen LogP contribution in [-0.4, -0.2) is 30.4 Å². The number of hydrogen-bond acceptors (Lipinski definition) is 2. The number of carbonyl (C=O) groups is 1. The number of hydrogen-bond donors (Lipinski definition) is 1. The van der Waals surface area contributed by atoms with Crippen LogP contribution in [0.15, 0.2) is 18.2 Å². The lowest BCUT2D eigenvalue weighted by atomic mass is 9.98. The number of benzene rings is 1. The molecule has 0 saturated heterocycles. The van der Waals surface area contributed by atoms with Gasteiger partial charge in [0, 0.05) is 18.7 Å². The Morgan fingerprint density at radius 2 is 2.25 bits per heavy atom. The average Bonchev–Trinajstić information content (AvgIpc) is 3.29. The number of carbonyl (C=O) groups excluding carboxylic acids is 1. The molecule has 1 amide bonds. The molecule has 104 valence electrons. The molecule has 1 fully saturated rings. The topological polar surface area (TPSA) is 32.3 Å². The van der Waals surface area contributed by atoms with Gasteiger partial charge in [-0.1, -0.05) is 12.0 Å². The van der Waals surface area contributed by atoms with Crippen LogP contribution in [-0.2, 0) is 13.0 Å². The fourth-order valence-corrected chi connectivity index (χ4v) is 2.74. The monoisotopic (exact) mass is 268 g/mol. The van der Waals surface area contributed by atoms with Crippen molar-refractivity contribution in [1.29, 1.82) is 0 Å². The molecule has 1 heterocycles. The summed E-state index contributed by atoms with van der Waals surface area (Å²) in [5.74, 6) is 3.34. The molecule has 0 radical (unpaired) electrons. The number of amides is 1. The molecule has 1 saturated carbocycles. The first-order valence-corrected chi connectivity index (χ1v) is 7.33. The number of rotatable bonds is 4. The van der Waals surface area contributed by atoms with Crippen molar-refractivity contribution in [3.05, 3.63) is 34.9 Å². The van der Waals surface area contributed by atoms with Gasteiger partial charge < -0.3 is 10.2 Å². The zero-order valence-electron chi connectivity index (χ0n) is 11.7. The van der Waals surface area contributed by atoms with E-state index in [0.29, 0.717) is 12.5 Å². The molecule has 3 nitrogen and oxygen atoms in total. The predicted octanol–water partition coefficient (Wildman–Crippen LogP) is 1.82. The van der Waals surface area contributed by atoms with Gasteiger partial charge in [-0.2, -0.15) is 0 Å². The summed E-state index contributed by atoms with van der Waals surface area (Å²) >= 11 is 0. The molecule has 0 unspecified atom stereocenters. The van der Waals surface area contributed by atoms with Crippen molar-refractivity contribution in [2.45, 2.75) is 25.8 Å². The number of nitrogens with zero attached hydrogens (tertiary/aromatic N) is 1. The largest absolute Gasteiger partial charge is 0.327 e. The van der Waals surface area contributed by atoms with Crippen LogP contribution in [0.4, 0.5) is 0 Å². The van der Waals surface area contributed by atoms with Crippen LogP contribution < -0.4 is 5.32 Å². The molecule has 3 rings (SSSR count). The minimum Gasteiger partial charge on any atom is -0.327 e. The van der Waals surface area contributed by atoms with E-state index in [1.165, 1.54) is 24.0 Å². The number of nitrogens with one attached hydrogen (secondary N) is 1.